The first-order valence-electron chi connectivity index (χ1n) is 5.07. The lowest BCUT2D eigenvalue weighted by Gasteiger charge is -2.29. The van der Waals surface area contributed by atoms with Crippen molar-refractivity contribution in [2.24, 2.45) is 5.41 Å². The summed E-state index contributed by atoms with van der Waals surface area (Å²) in [4.78, 5) is 0. The predicted molar refractivity (Wildman–Crippen MR) is 57.2 cm³/mol. The lowest BCUT2D eigenvalue weighted by molar-refractivity contribution is -0.131. The molecule has 0 radical (unpaired) electrons. The van der Waals surface area contributed by atoms with E-state index in [-0.39, 0.29) is 11.2 Å². The molecular weight excluding hydrogens is 180 g/mol. The van der Waals surface area contributed by atoms with E-state index in [0.29, 0.717) is 0 Å². The predicted octanol–water partition coefficient (Wildman–Crippen LogP) is 3.00. The SMILES string of the molecule is CCOC1(O[Si](C)(C)C)CC1(C)C. The molecule has 1 unspecified atom stereocenters. The fourth-order valence-electron chi connectivity index (χ4n) is 1.72. The van der Waals surface area contributed by atoms with Gasteiger partial charge in [-0.1, -0.05) is 13.8 Å². The molecule has 1 rings (SSSR count). The summed E-state index contributed by atoms with van der Waals surface area (Å²) >= 11 is 0. The van der Waals surface area contributed by atoms with E-state index in [0.717, 1.165) is 13.0 Å². The molecule has 13 heavy (non-hydrogen) atoms. The van der Waals surface area contributed by atoms with Crippen LogP contribution in [0.2, 0.25) is 19.6 Å². The molecule has 1 aliphatic carbocycles. The first-order chi connectivity index (χ1) is 5.72. The fraction of sp³-hybridized carbons (Fsp3) is 1.00. The summed E-state index contributed by atoms with van der Waals surface area (Å²) in [5, 5.41) is 0. The third kappa shape index (κ3) is 2.33. The van der Waals surface area contributed by atoms with E-state index in [1.165, 1.54) is 0 Å². The van der Waals surface area contributed by atoms with Crippen LogP contribution in [0.25, 0.3) is 0 Å². The Hall–Kier alpha value is 0.137. The van der Waals surface area contributed by atoms with E-state index in [4.69, 9.17) is 9.16 Å². The normalized spacial score (nSPS) is 31.8. The summed E-state index contributed by atoms with van der Waals surface area (Å²) in [6.45, 7) is 13.8. The molecule has 0 aromatic rings. The average Bonchev–Trinajstić information content (AvgIpc) is 2.28. The van der Waals surface area contributed by atoms with Gasteiger partial charge in [-0.3, -0.25) is 0 Å². The second-order valence-corrected chi connectivity index (χ2v) is 9.89. The smallest absolute Gasteiger partial charge is 0.187 e. The van der Waals surface area contributed by atoms with Gasteiger partial charge in [0.1, 0.15) is 0 Å². The van der Waals surface area contributed by atoms with Gasteiger partial charge in [0, 0.05) is 18.4 Å². The van der Waals surface area contributed by atoms with Crippen molar-refractivity contribution in [3.63, 3.8) is 0 Å². The van der Waals surface area contributed by atoms with Crippen molar-refractivity contribution in [1.29, 1.82) is 0 Å². The first-order valence-corrected chi connectivity index (χ1v) is 8.47. The van der Waals surface area contributed by atoms with Gasteiger partial charge in [0.15, 0.2) is 14.1 Å². The molecule has 2 nitrogen and oxygen atoms in total. The zero-order chi connectivity index (χ0) is 10.3. The Bertz CT molecular complexity index is 196. The molecule has 1 fully saturated rings. The molecule has 0 bridgehead atoms. The Morgan fingerprint density at radius 1 is 1.23 bits per heavy atom. The standard InChI is InChI=1S/C10H22O2Si/c1-7-11-10(8-9(10,2)3)12-13(4,5)6/h7-8H2,1-6H3. The van der Waals surface area contributed by atoms with Crippen LogP contribution in [0.15, 0.2) is 0 Å². The van der Waals surface area contributed by atoms with E-state index in [9.17, 15) is 0 Å². The molecule has 1 saturated carbocycles. The number of rotatable bonds is 4. The van der Waals surface area contributed by atoms with E-state index >= 15 is 0 Å². The van der Waals surface area contributed by atoms with Gasteiger partial charge in [-0.25, -0.2) is 0 Å². The lowest BCUT2D eigenvalue weighted by Crippen LogP contribution is -2.38. The van der Waals surface area contributed by atoms with Gasteiger partial charge in [0.2, 0.25) is 0 Å². The highest BCUT2D eigenvalue weighted by Crippen LogP contribution is 2.59. The van der Waals surface area contributed by atoms with E-state index < -0.39 is 8.32 Å². The van der Waals surface area contributed by atoms with Crippen LogP contribution in [-0.2, 0) is 9.16 Å². The summed E-state index contributed by atoms with van der Waals surface area (Å²) in [6, 6.07) is 0. The molecule has 0 heterocycles. The van der Waals surface area contributed by atoms with Crippen molar-refractivity contribution in [2.45, 2.75) is 52.6 Å². The van der Waals surface area contributed by atoms with E-state index in [2.05, 4.69) is 33.5 Å². The van der Waals surface area contributed by atoms with Crippen molar-refractivity contribution in [1.82, 2.24) is 0 Å². The quantitative estimate of drug-likeness (QED) is 0.515. The van der Waals surface area contributed by atoms with Crippen molar-refractivity contribution < 1.29 is 9.16 Å². The fourth-order valence-corrected chi connectivity index (χ4v) is 3.11. The monoisotopic (exact) mass is 202 g/mol. The molecule has 0 saturated heterocycles. The highest BCUT2D eigenvalue weighted by molar-refractivity contribution is 6.69. The molecule has 0 N–H and O–H groups in total. The third-order valence-corrected chi connectivity index (χ3v) is 3.37. The van der Waals surface area contributed by atoms with Gasteiger partial charge in [0.05, 0.1) is 0 Å². The molecule has 1 aliphatic rings. The van der Waals surface area contributed by atoms with E-state index in [1.807, 2.05) is 6.92 Å². The van der Waals surface area contributed by atoms with Crippen LogP contribution in [0, 0.1) is 5.41 Å². The third-order valence-electron chi connectivity index (χ3n) is 2.43. The molecule has 0 aromatic heterocycles. The van der Waals surface area contributed by atoms with Gasteiger partial charge < -0.3 is 9.16 Å². The highest BCUT2D eigenvalue weighted by atomic mass is 28.4. The minimum Gasteiger partial charge on any atom is -0.390 e. The molecule has 3 heteroatoms. The van der Waals surface area contributed by atoms with Crippen LogP contribution in [-0.4, -0.2) is 20.7 Å². The largest absolute Gasteiger partial charge is 0.390 e. The molecule has 0 spiro atoms. The Labute approximate surface area is 82.7 Å². The number of ether oxygens (including phenoxy) is 1. The molecule has 1 atom stereocenters. The van der Waals surface area contributed by atoms with Crippen LogP contribution >= 0.6 is 0 Å². The maximum Gasteiger partial charge on any atom is 0.187 e. The zero-order valence-corrected chi connectivity index (χ0v) is 10.7. The molecule has 0 amide bonds. The zero-order valence-electron chi connectivity index (χ0n) is 9.73. The van der Waals surface area contributed by atoms with Crippen molar-refractivity contribution in [3.8, 4) is 0 Å². The van der Waals surface area contributed by atoms with Gasteiger partial charge >= 0.3 is 0 Å². The maximum atomic E-state index is 6.11. The lowest BCUT2D eigenvalue weighted by atomic mass is 10.2. The first kappa shape index (κ1) is 11.2. The van der Waals surface area contributed by atoms with Crippen LogP contribution in [0.3, 0.4) is 0 Å². The maximum absolute atomic E-state index is 6.11. The van der Waals surface area contributed by atoms with Crippen molar-refractivity contribution in [3.05, 3.63) is 0 Å². The molecular formula is C10H22O2Si. The Kier molecular flexibility index (Phi) is 2.65. The van der Waals surface area contributed by atoms with Crippen LogP contribution in [0.4, 0.5) is 0 Å². The van der Waals surface area contributed by atoms with Crippen LogP contribution in [0.1, 0.15) is 27.2 Å². The summed E-state index contributed by atoms with van der Waals surface area (Å²) in [5.41, 5.74) is 0.212. The summed E-state index contributed by atoms with van der Waals surface area (Å²) < 4.78 is 11.9. The minimum absolute atomic E-state index is 0.212. The second kappa shape index (κ2) is 3.07. The van der Waals surface area contributed by atoms with Gasteiger partial charge in [-0.2, -0.15) is 0 Å². The summed E-state index contributed by atoms with van der Waals surface area (Å²) in [7, 11) is -1.48. The van der Waals surface area contributed by atoms with Gasteiger partial charge in [0.25, 0.3) is 0 Å². The Morgan fingerprint density at radius 2 is 1.69 bits per heavy atom. The topological polar surface area (TPSA) is 18.5 Å². The minimum atomic E-state index is -1.48. The van der Waals surface area contributed by atoms with Gasteiger partial charge in [-0.15, -0.1) is 0 Å². The van der Waals surface area contributed by atoms with Crippen molar-refractivity contribution in [2.75, 3.05) is 6.61 Å². The summed E-state index contributed by atoms with van der Waals surface area (Å²) in [6.07, 6.45) is 1.04. The second-order valence-electron chi connectivity index (χ2n) is 5.46. The highest BCUT2D eigenvalue weighted by Gasteiger charge is 2.65. The molecule has 0 aliphatic heterocycles. The number of hydrogen-bond donors (Lipinski definition) is 0. The average molecular weight is 202 g/mol. The molecule has 0 aromatic carbocycles. The number of hydrogen-bond acceptors (Lipinski definition) is 2. The van der Waals surface area contributed by atoms with Crippen LogP contribution in [0.5, 0.6) is 0 Å². The Balaban J connectivity index is 2.63. The Morgan fingerprint density at radius 3 is 1.92 bits per heavy atom. The van der Waals surface area contributed by atoms with Crippen molar-refractivity contribution >= 4 is 8.32 Å². The molecule has 78 valence electrons. The van der Waals surface area contributed by atoms with Crippen LogP contribution < -0.4 is 0 Å². The van der Waals surface area contributed by atoms with E-state index in [1.54, 1.807) is 0 Å². The van der Waals surface area contributed by atoms with Gasteiger partial charge in [-0.05, 0) is 26.6 Å². The summed E-state index contributed by atoms with van der Waals surface area (Å²) in [5.74, 6) is -0.258.